The second kappa shape index (κ2) is 39.0. The molecule has 12 heterocycles. The molecular formula is C109H79BrN12O6. The quantitative estimate of drug-likeness (QED) is 0.0370. The minimum Gasteiger partial charge on any atom is -0.489 e. The number of hydrogen-bond acceptors (Lipinski definition) is 18. The molecule has 0 unspecified atom stereocenters. The smallest absolute Gasteiger partial charge is 0.123 e. The van der Waals surface area contributed by atoms with Crippen molar-refractivity contribution in [3.05, 3.63) is 434 Å². The fraction of sp³-hybridized carbons (Fsp3) is 0.0642. The molecular weight excluding hydrogens is 1650 g/mol. The molecule has 18 nitrogen and oxygen atoms in total. The van der Waals surface area contributed by atoms with Crippen LogP contribution in [0, 0.1) is 0 Å². The van der Waals surface area contributed by atoms with E-state index in [9.17, 15) is 0 Å². The summed E-state index contributed by atoms with van der Waals surface area (Å²) in [5.41, 5.74) is 26.5. The highest BCUT2D eigenvalue weighted by molar-refractivity contribution is 9.08. The Kier molecular flexibility index (Phi) is 24.8. The zero-order valence-electron chi connectivity index (χ0n) is 69.2. The van der Waals surface area contributed by atoms with E-state index in [1.54, 1.807) is 49.6 Å². The topological polar surface area (TPSA) is 210 Å². The van der Waals surface area contributed by atoms with Crippen molar-refractivity contribution in [2.75, 3.05) is 0 Å². The van der Waals surface area contributed by atoms with E-state index in [0.717, 1.165) is 175 Å². The first kappa shape index (κ1) is 81.3. The van der Waals surface area contributed by atoms with Gasteiger partial charge in [-0.2, -0.15) is 0 Å². The zero-order valence-corrected chi connectivity index (χ0v) is 70.8. The molecule has 618 valence electrons. The zero-order chi connectivity index (χ0) is 86.0. The second-order valence-electron chi connectivity index (χ2n) is 30.3. The number of nitrogens with zero attached hydrogens (tertiary/aromatic N) is 12. The van der Waals surface area contributed by atoms with E-state index in [0.29, 0.717) is 39.8 Å². The maximum absolute atomic E-state index is 6.77. The molecule has 0 aliphatic heterocycles. The maximum atomic E-state index is 6.77. The Morgan fingerprint density at radius 1 is 0.156 bits per heavy atom. The summed E-state index contributed by atoms with van der Waals surface area (Å²) < 4.78 is 40.4. The SMILES string of the molecule is BrCc1cc(OCc2cc(OCc3ccc(-c4cc(-c5ccccn5)nc(-c5ccccn5)c4)cc3)cc(OCc3ccc(-c4cc(-c5ccccn5)nc(-c5ccccn5)c4)cc3)c2)cc(OCc2cc(OCc3ccc(-c4cc(-c5ccccn5)nc(-c5ccccn5)c4)cc3)cc(OCc3ccc(-c4cc(-c5ccccn5)nc(-c5ccccn5)c4)cc3)c2)c1. The number of rotatable bonds is 31. The number of alkyl halides is 1. The Morgan fingerprint density at radius 3 is 0.492 bits per heavy atom. The first-order chi connectivity index (χ1) is 63.2. The van der Waals surface area contributed by atoms with Gasteiger partial charge in [0.25, 0.3) is 0 Å². The van der Waals surface area contributed by atoms with Crippen molar-refractivity contribution in [2.24, 2.45) is 0 Å². The van der Waals surface area contributed by atoms with Crippen LogP contribution in [0.15, 0.2) is 395 Å². The monoisotopic (exact) mass is 1730 g/mol. The molecule has 12 aromatic heterocycles. The van der Waals surface area contributed by atoms with Crippen molar-refractivity contribution >= 4 is 15.9 Å². The van der Waals surface area contributed by atoms with Gasteiger partial charge in [-0.3, -0.25) is 39.9 Å². The van der Waals surface area contributed by atoms with Gasteiger partial charge in [0.1, 0.15) is 74.1 Å². The molecule has 19 aromatic rings. The standard InChI is InChI=1S/C109H79BrN12O6/c110-66-77-49-88(127-71-78-51-90(123-67-73-25-33-80(34-26-73)84-55-102(94-17-1-9-41-111-94)119-103(56-84)95-18-2-10-42-112-95)64-91(52-78)124-68-74-27-35-81(36-28-74)85-57-104(96-19-3-11-43-113-96)120-105(58-85)97-20-4-12-44-114-97)63-89(50-77)128-72-79-53-92(125-69-75-29-37-82(38-30-75)86-59-106(98-21-5-13-45-115-98)121-107(60-86)99-22-6-14-46-116-99)65-93(54-79)126-70-76-31-39-83(40-32-76)87-61-108(100-23-7-15-47-117-100)122-109(62-87)101-24-8-16-48-118-101/h1-65H,66-72H2. The lowest BCUT2D eigenvalue weighted by Crippen LogP contribution is -2.03. The molecule has 0 saturated carbocycles. The summed E-state index contributed by atoms with van der Waals surface area (Å²) in [6.07, 6.45) is 14.2. The minimum absolute atomic E-state index is 0.167. The van der Waals surface area contributed by atoms with Crippen LogP contribution in [0.1, 0.15) is 38.9 Å². The summed E-state index contributed by atoms with van der Waals surface area (Å²) in [7, 11) is 0. The lowest BCUT2D eigenvalue weighted by Gasteiger charge is -2.16. The molecule has 0 bridgehead atoms. The van der Waals surface area contributed by atoms with E-state index in [4.69, 9.17) is 48.4 Å². The van der Waals surface area contributed by atoms with E-state index in [1.807, 2.05) is 200 Å². The number of benzene rings is 7. The molecule has 0 amide bonds. The summed E-state index contributed by atoms with van der Waals surface area (Å²) >= 11 is 3.75. The third kappa shape index (κ3) is 20.4. The summed E-state index contributed by atoms with van der Waals surface area (Å²) in [5.74, 6) is 3.61. The second-order valence-corrected chi connectivity index (χ2v) is 30.9. The van der Waals surface area contributed by atoms with Crippen LogP contribution in [0.5, 0.6) is 34.5 Å². The van der Waals surface area contributed by atoms with Gasteiger partial charge in [0.2, 0.25) is 0 Å². The third-order valence-corrected chi connectivity index (χ3v) is 21.9. The van der Waals surface area contributed by atoms with Gasteiger partial charge in [0.15, 0.2) is 0 Å². The normalized spacial score (nSPS) is 11.1. The molecule has 19 heteroatoms. The highest BCUT2D eigenvalue weighted by Crippen LogP contribution is 2.38. The van der Waals surface area contributed by atoms with Gasteiger partial charge in [-0.25, -0.2) is 19.9 Å². The van der Waals surface area contributed by atoms with Gasteiger partial charge in [-0.1, -0.05) is 162 Å². The van der Waals surface area contributed by atoms with Crippen molar-refractivity contribution in [3.8, 4) is 170 Å². The van der Waals surface area contributed by atoms with E-state index in [-0.39, 0.29) is 39.6 Å². The van der Waals surface area contributed by atoms with Crippen LogP contribution in [0.2, 0.25) is 0 Å². The van der Waals surface area contributed by atoms with Crippen molar-refractivity contribution in [1.29, 1.82) is 0 Å². The largest absolute Gasteiger partial charge is 0.489 e. The predicted octanol–water partition coefficient (Wildman–Crippen LogP) is 24.8. The third-order valence-electron chi connectivity index (χ3n) is 21.3. The van der Waals surface area contributed by atoms with Crippen LogP contribution < -0.4 is 28.4 Å². The fourth-order valence-corrected chi connectivity index (χ4v) is 15.1. The Balaban J connectivity index is 0.580. The van der Waals surface area contributed by atoms with Crippen LogP contribution in [0.3, 0.4) is 0 Å². The molecule has 0 aliphatic rings. The van der Waals surface area contributed by atoms with Crippen LogP contribution in [-0.2, 0) is 45.0 Å². The molecule has 0 N–H and O–H groups in total. The molecule has 0 aliphatic carbocycles. The summed E-state index contributed by atoms with van der Waals surface area (Å²) in [6, 6.07) is 114. The minimum atomic E-state index is 0.167. The molecule has 0 radical (unpaired) electrons. The fourth-order valence-electron chi connectivity index (χ4n) is 14.8. The van der Waals surface area contributed by atoms with Crippen molar-refractivity contribution in [3.63, 3.8) is 0 Å². The van der Waals surface area contributed by atoms with Crippen molar-refractivity contribution in [2.45, 2.75) is 45.0 Å². The van der Waals surface area contributed by atoms with Gasteiger partial charge < -0.3 is 28.4 Å². The Bertz CT molecular complexity index is 5960. The lowest BCUT2D eigenvalue weighted by atomic mass is 10.0. The van der Waals surface area contributed by atoms with E-state index < -0.39 is 0 Å². The van der Waals surface area contributed by atoms with E-state index in [2.05, 4.69) is 201 Å². The summed E-state index contributed by atoms with van der Waals surface area (Å²) in [5, 5.41) is 0.539. The Labute approximate surface area is 748 Å². The maximum Gasteiger partial charge on any atom is 0.123 e. The lowest BCUT2D eigenvalue weighted by molar-refractivity contribution is 0.276. The molecule has 7 aromatic carbocycles. The highest BCUT2D eigenvalue weighted by Gasteiger charge is 2.19. The highest BCUT2D eigenvalue weighted by atomic mass is 79.9. The Morgan fingerprint density at radius 2 is 0.328 bits per heavy atom. The number of ether oxygens (including phenoxy) is 6. The average molecular weight is 1730 g/mol. The van der Waals surface area contributed by atoms with Gasteiger partial charge in [0.05, 0.1) is 91.1 Å². The van der Waals surface area contributed by atoms with Gasteiger partial charge >= 0.3 is 0 Å². The first-order valence-electron chi connectivity index (χ1n) is 41.8. The molecule has 0 spiro atoms. The van der Waals surface area contributed by atoms with Crippen LogP contribution in [0.4, 0.5) is 0 Å². The Hall–Kier alpha value is -16.4. The number of aromatic nitrogens is 12. The number of halogens is 1. The molecule has 0 atom stereocenters. The van der Waals surface area contributed by atoms with E-state index >= 15 is 0 Å². The number of pyridine rings is 12. The predicted molar refractivity (Wildman–Crippen MR) is 502 cm³/mol. The molecule has 128 heavy (non-hydrogen) atoms. The van der Waals surface area contributed by atoms with Gasteiger partial charge in [0, 0.05) is 73.1 Å². The molecule has 19 rings (SSSR count). The number of hydrogen-bond donors (Lipinski definition) is 0. The average Bonchev–Trinajstić information content (AvgIpc) is 0.813. The summed E-state index contributed by atoms with van der Waals surface area (Å²) in [4.78, 5) is 57.1. The van der Waals surface area contributed by atoms with Crippen molar-refractivity contribution in [1.82, 2.24) is 59.8 Å². The van der Waals surface area contributed by atoms with Crippen LogP contribution >= 0.6 is 15.9 Å². The van der Waals surface area contributed by atoms with Gasteiger partial charge in [-0.05, 0) is 265 Å². The first-order valence-corrected chi connectivity index (χ1v) is 42.9. The van der Waals surface area contributed by atoms with Crippen LogP contribution in [-0.4, -0.2) is 59.8 Å². The van der Waals surface area contributed by atoms with Crippen molar-refractivity contribution < 1.29 is 28.4 Å². The summed E-state index contributed by atoms with van der Waals surface area (Å²) in [6.45, 7) is 1.42. The van der Waals surface area contributed by atoms with E-state index in [1.165, 1.54) is 0 Å². The van der Waals surface area contributed by atoms with Gasteiger partial charge in [-0.15, -0.1) is 0 Å². The molecule has 0 fully saturated rings. The van der Waals surface area contributed by atoms with Crippen LogP contribution in [0.25, 0.3) is 136 Å². The molecule has 0 saturated heterocycles.